The van der Waals surface area contributed by atoms with Gasteiger partial charge in [-0.25, -0.2) is 0 Å². The van der Waals surface area contributed by atoms with Crippen LogP contribution in [0.25, 0.3) is 0 Å². The van der Waals surface area contributed by atoms with E-state index in [-0.39, 0.29) is 17.9 Å². The number of rotatable bonds is 5. The van der Waals surface area contributed by atoms with Crippen LogP contribution in [0.4, 0.5) is 5.69 Å². The maximum Gasteiger partial charge on any atom is 0.253 e. The van der Waals surface area contributed by atoms with Crippen LogP contribution in [0, 0.1) is 5.92 Å². The molecule has 0 aromatic heterocycles. The first-order valence-corrected chi connectivity index (χ1v) is 8.73. The average Bonchev–Trinajstić information content (AvgIpc) is 2.54. The quantitative estimate of drug-likeness (QED) is 0.902. The molecule has 24 heavy (non-hydrogen) atoms. The van der Waals surface area contributed by atoms with Crippen molar-refractivity contribution in [3.05, 3.63) is 29.8 Å². The molecule has 1 heterocycles. The predicted octanol–water partition coefficient (Wildman–Crippen LogP) is 2.52. The van der Waals surface area contributed by atoms with E-state index in [2.05, 4.69) is 5.32 Å². The fourth-order valence-electron chi connectivity index (χ4n) is 2.97. The lowest BCUT2D eigenvalue weighted by atomic mass is 10.0. The third-order valence-corrected chi connectivity index (χ3v) is 4.37. The van der Waals surface area contributed by atoms with Crippen molar-refractivity contribution in [2.75, 3.05) is 32.1 Å². The smallest absolute Gasteiger partial charge is 0.253 e. The Balaban J connectivity index is 1.85. The number of carbonyl (C=O) groups excluding carboxylic acids is 2. The van der Waals surface area contributed by atoms with Crippen molar-refractivity contribution in [3.8, 4) is 0 Å². The Labute approximate surface area is 145 Å². The van der Waals surface area contributed by atoms with Crippen LogP contribution in [0.3, 0.4) is 0 Å². The number of anilines is 1. The van der Waals surface area contributed by atoms with Crippen LogP contribution in [-0.2, 0) is 4.79 Å². The van der Waals surface area contributed by atoms with Gasteiger partial charge in [0.2, 0.25) is 5.91 Å². The van der Waals surface area contributed by atoms with Crippen molar-refractivity contribution in [3.63, 3.8) is 0 Å². The van der Waals surface area contributed by atoms with Gasteiger partial charge in [-0.15, -0.1) is 0 Å². The van der Waals surface area contributed by atoms with Gasteiger partial charge in [-0.3, -0.25) is 9.59 Å². The molecule has 2 amide bonds. The highest BCUT2D eigenvalue weighted by atomic mass is 16.2. The molecule has 0 aliphatic carbocycles. The molecule has 5 nitrogen and oxygen atoms in total. The molecular weight excluding hydrogens is 302 g/mol. The van der Waals surface area contributed by atoms with Crippen molar-refractivity contribution < 1.29 is 9.59 Å². The molecule has 0 unspecified atom stereocenters. The number of carbonyl (C=O) groups is 2. The van der Waals surface area contributed by atoms with Gasteiger partial charge in [0.25, 0.3) is 5.91 Å². The van der Waals surface area contributed by atoms with Gasteiger partial charge in [0.05, 0.1) is 0 Å². The summed E-state index contributed by atoms with van der Waals surface area (Å²) in [4.78, 5) is 28.3. The minimum atomic E-state index is 0.0762. The van der Waals surface area contributed by atoms with Crippen LogP contribution in [0.2, 0.25) is 0 Å². The zero-order valence-electron chi connectivity index (χ0n) is 15.2. The summed E-state index contributed by atoms with van der Waals surface area (Å²) in [6.45, 7) is 5.48. The van der Waals surface area contributed by atoms with Crippen molar-refractivity contribution in [1.29, 1.82) is 0 Å². The second-order valence-electron chi connectivity index (χ2n) is 7.17. The molecule has 1 N–H and O–H groups in total. The van der Waals surface area contributed by atoms with E-state index >= 15 is 0 Å². The summed E-state index contributed by atoms with van der Waals surface area (Å²) in [5, 5.41) is 3.09. The fourth-order valence-corrected chi connectivity index (χ4v) is 2.97. The van der Waals surface area contributed by atoms with E-state index in [1.807, 2.05) is 62.0 Å². The molecule has 0 saturated carbocycles. The molecule has 5 heteroatoms. The minimum absolute atomic E-state index is 0.0762. The predicted molar refractivity (Wildman–Crippen MR) is 97.3 cm³/mol. The number of hydrogen-bond donors (Lipinski definition) is 1. The summed E-state index contributed by atoms with van der Waals surface area (Å²) < 4.78 is 0. The molecule has 132 valence electrons. The van der Waals surface area contributed by atoms with E-state index in [9.17, 15) is 9.59 Å². The van der Waals surface area contributed by atoms with E-state index < -0.39 is 0 Å². The average molecular weight is 331 g/mol. The Hall–Kier alpha value is -2.04. The van der Waals surface area contributed by atoms with Crippen molar-refractivity contribution >= 4 is 17.5 Å². The molecule has 1 aromatic rings. The summed E-state index contributed by atoms with van der Waals surface area (Å²) >= 11 is 0. The van der Waals surface area contributed by atoms with Crippen molar-refractivity contribution in [2.45, 2.75) is 39.2 Å². The summed E-state index contributed by atoms with van der Waals surface area (Å²) in [5.41, 5.74) is 1.81. The first-order chi connectivity index (χ1) is 11.4. The third-order valence-electron chi connectivity index (χ3n) is 4.37. The Morgan fingerprint density at radius 3 is 2.25 bits per heavy atom. The van der Waals surface area contributed by atoms with E-state index in [1.165, 1.54) is 0 Å². The number of benzene rings is 1. The van der Waals surface area contributed by atoms with Crippen molar-refractivity contribution in [2.24, 2.45) is 5.92 Å². The minimum Gasteiger partial charge on any atom is -0.378 e. The first-order valence-electron chi connectivity index (χ1n) is 8.73. The number of nitrogens with one attached hydrogen (secondary N) is 1. The molecule has 1 fully saturated rings. The molecule has 1 aliphatic rings. The lowest BCUT2D eigenvalue weighted by Crippen LogP contribution is -2.46. The van der Waals surface area contributed by atoms with Gasteiger partial charge in [0.15, 0.2) is 0 Å². The van der Waals surface area contributed by atoms with E-state index in [0.29, 0.717) is 25.4 Å². The fraction of sp³-hybridized carbons (Fsp3) is 0.579. The molecule has 2 rings (SSSR count). The normalized spacial score (nSPS) is 15.5. The van der Waals surface area contributed by atoms with Crippen LogP contribution >= 0.6 is 0 Å². The Morgan fingerprint density at radius 2 is 1.75 bits per heavy atom. The number of nitrogens with zero attached hydrogens (tertiary/aromatic N) is 2. The highest BCUT2D eigenvalue weighted by Gasteiger charge is 2.24. The second-order valence-corrected chi connectivity index (χ2v) is 7.17. The Morgan fingerprint density at radius 1 is 1.17 bits per heavy atom. The van der Waals surface area contributed by atoms with Crippen LogP contribution in [0.5, 0.6) is 0 Å². The zero-order valence-corrected chi connectivity index (χ0v) is 15.2. The molecule has 1 saturated heterocycles. The SMILES string of the molecule is CC(C)CC(=O)NC1CCN(C(=O)c2ccc(N(C)C)cc2)CC1. The maximum atomic E-state index is 12.6. The largest absolute Gasteiger partial charge is 0.378 e. The summed E-state index contributed by atoms with van der Waals surface area (Å²) in [7, 11) is 3.96. The number of piperidine rings is 1. The van der Waals surface area contributed by atoms with Crippen LogP contribution in [0.15, 0.2) is 24.3 Å². The van der Waals surface area contributed by atoms with E-state index in [1.54, 1.807) is 0 Å². The second kappa shape index (κ2) is 8.18. The Kier molecular flexibility index (Phi) is 6.23. The lowest BCUT2D eigenvalue weighted by molar-refractivity contribution is -0.122. The van der Waals surface area contributed by atoms with E-state index in [0.717, 1.165) is 24.1 Å². The Bertz CT molecular complexity index is 558. The van der Waals surface area contributed by atoms with Crippen molar-refractivity contribution in [1.82, 2.24) is 10.2 Å². The molecule has 1 aliphatic heterocycles. The summed E-state index contributed by atoms with van der Waals surface area (Å²) in [6, 6.07) is 7.89. The highest BCUT2D eigenvalue weighted by molar-refractivity contribution is 5.94. The monoisotopic (exact) mass is 331 g/mol. The lowest BCUT2D eigenvalue weighted by Gasteiger charge is -2.32. The van der Waals surface area contributed by atoms with Gasteiger partial charge >= 0.3 is 0 Å². The topological polar surface area (TPSA) is 52.7 Å². The molecule has 0 bridgehead atoms. The molecule has 0 atom stereocenters. The number of amides is 2. The van der Waals surface area contributed by atoms with Gasteiger partial charge in [-0.05, 0) is 43.0 Å². The molecule has 0 spiro atoms. The third kappa shape index (κ3) is 4.98. The van der Waals surface area contributed by atoms with Crippen LogP contribution in [0.1, 0.15) is 43.5 Å². The zero-order chi connectivity index (χ0) is 17.7. The van der Waals surface area contributed by atoms with Gasteiger partial charge in [-0.1, -0.05) is 13.8 Å². The summed E-state index contributed by atoms with van der Waals surface area (Å²) in [5.74, 6) is 0.568. The molecule has 1 aromatic carbocycles. The first kappa shape index (κ1) is 18.3. The number of likely N-dealkylation sites (tertiary alicyclic amines) is 1. The van der Waals surface area contributed by atoms with E-state index in [4.69, 9.17) is 0 Å². The maximum absolute atomic E-state index is 12.6. The van der Waals surface area contributed by atoms with Gasteiger partial charge in [-0.2, -0.15) is 0 Å². The number of hydrogen-bond acceptors (Lipinski definition) is 3. The van der Waals surface area contributed by atoms with Gasteiger partial charge < -0.3 is 15.1 Å². The standard InChI is InChI=1S/C19H29N3O2/c1-14(2)13-18(23)20-16-9-11-22(12-10-16)19(24)15-5-7-17(8-6-15)21(3)4/h5-8,14,16H,9-13H2,1-4H3,(H,20,23). The van der Waals surface area contributed by atoms with Crippen LogP contribution in [-0.4, -0.2) is 49.9 Å². The van der Waals surface area contributed by atoms with Gasteiger partial charge in [0.1, 0.15) is 0 Å². The molecule has 0 radical (unpaired) electrons. The highest BCUT2D eigenvalue weighted by Crippen LogP contribution is 2.17. The van der Waals surface area contributed by atoms with Gasteiger partial charge in [0, 0.05) is 50.9 Å². The summed E-state index contributed by atoms with van der Waals surface area (Å²) in [6.07, 6.45) is 2.22. The van der Waals surface area contributed by atoms with Crippen LogP contribution < -0.4 is 10.2 Å². The molecular formula is C19H29N3O2.